The average molecular weight is 385 g/mol. The Balaban J connectivity index is 2.03. The molecule has 0 radical (unpaired) electrons. The van der Waals surface area contributed by atoms with E-state index in [1.54, 1.807) is 36.4 Å². The van der Waals surface area contributed by atoms with Gasteiger partial charge in [-0.1, -0.05) is 34.1 Å². The van der Waals surface area contributed by atoms with E-state index in [2.05, 4.69) is 30.9 Å². The SMILES string of the molecule is Nc1nc(=Nc2ccc(Br)cc2)nc(N)n1C(=O)c1ccccc1. The number of halogens is 1. The first kappa shape index (κ1) is 15.9. The predicted molar refractivity (Wildman–Crippen MR) is 94.4 cm³/mol. The van der Waals surface area contributed by atoms with E-state index >= 15 is 0 Å². The number of anilines is 2. The Hall–Kier alpha value is -3.00. The van der Waals surface area contributed by atoms with Crippen molar-refractivity contribution in [3.63, 3.8) is 0 Å². The van der Waals surface area contributed by atoms with Gasteiger partial charge in [-0.05, 0) is 36.4 Å². The molecule has 0 aliphatic heterocycles. The molecule has 1 aromatic heterocycles. The van der Waals surface area contributed by atoms with Gasteiger partial charge in [-0.25, -0.2) is 9.56 Å². The van der Waals surface area contributed by atoms with Crippen molar-refractivity contribution in [2.24, 2.45) is 4.99 Å². The van der Waals surface area contributed by atoms with Crippen LogP contribution in [0.4, 0.5) is 17.6 Å². The van der Waals surface area contributed by atoms with Crippen molar-refractivity contribution >= 4 is 39.4 Å². The van der Waals surface area contributed by atoms with Crippen LogP contribution in [-0.2, 0) is 0 Å². The first-order chi connectivity index (χ1) is 11.5. The lowest BCUT2D eigenvalue weighted by Crippen LogP contribution is -2.28. The minimum absolute atomic E-state index is 0.0767. The highest BCUT2D eigenvalue weighted by molar-refractivity contribution is 9.10. The van der Waals surface area contributed by atoms with Gasteiger partial charge in [0.25, 0.3) is 11.5 Å². The molecule has 0 saturated carbocycles. The summed E-state index contributed by atoms with van der Waals surface area (Å²) in [5, 5.41) is 0. The number of nitrogens with zero attached hydrogens (tertiary/aromatic N) is 4. The molecule has 24 heavy (non-hydrogen) atoms. The van der Waals surface area contributed by atoms with E-state index in [0.29, 0.717) is 11.3 Å². The quantitative estimate of drug-likeness (QED) is 0.702. The molecule has 3 rings (SSSR count). The van der Waals surface area contributed by atoms with E-state index < -0.39 is 5.91 Å². The molecule has 0 aliphatic carbocycles. The lowest BCUT2D eigenvalue weighted by molar-refractivity contribution is 0.0962. The Labute approximate surface area is 145 Å². The van der Waals surface area contributed by atoms with E-state index in [1.165, 1.54) is 0 Å². The maximum Gasteiger partial charge on any atom is 0.267 e. The number of carbonyl (C=O) groups excluding carboxylic acids is 1. The summed E-state index contributed by atoms with van der Waals surface area (Å²) < 4.78 is 1.98. The summed E-state index contributed by atoms with van der Waals surface area (Å²) >= 11 is 3.35. The molecule has 1 heterocycles. The van der Waals surface area contributed by atoms with Crippen LogP contribution in [0, 0.1) is 0 Å². The number of nitrogen functional groups attached to an aromatic ring is 2. The Kier molecular flexibility index (Phi) is 4.39. The third-order valence-electron chi connectivity index (χ3n) is 3.17. The van der Waals surface area contributed by atoms with Crippen LogP contribution in [0.15, 0.2) is 64.1 Å². The number of benzene rings is 2. The highest BCUT2D eigenvalue weighted by Gasteiger charge is 2.15. The first-order valence-electron chi connectivity index (χ1n) is 6.96. The molecule has 120 valence electrons. The van der Waals surface area contributed by atoms with Crippen LogP contribution in [-0.4, -0.2) is 20.4 Å². The van der Waals surface area contributed by atoms with Crippen LogP contribution in [0.25, 0.3) is 0 Å². The third-order valence-corrected chi connectivity index (χ3v) is 3.70. The Morgan fingerprint density at radius 2 is 1.54 bits per heavy atom. The Morgan fingerprint density at radius 3 is 2.12 bits per heavy atom. The molecular weight excluding hydrogens is 372 g/mol. The summed E-state index contributed by atoms with van der Waals surface area (Å²) in [7, 11) is 0. The Bertz CT molecular complexity index is 924. The summed E-state index contributed by atoms with van der Waals surface area (Å²) in [4.78, 5) is 24.8. The normalized spacial score (nSPS) is 10.4. The third kappa shape index (κ3) is 3.33. The van der Waals surface area contributed by atoms with Crippen LogP contribution < -0.4 is 17.1 Å². The molecule has 3 aromatic rings. The smallest absolute Gasteiger partial charge is 0.267 e. The number of nitrogens with two attached hydrogens (primary N) is 2. The number of hydrogen-bond donors (Lipinski definition) is 2. The van der Waals surface area contributed by atoms with E-state index in [4.69, 9.17) is 11.5 Å². The Morgan fingerprint density at radius 1 is 0.958 bits per heavy atom. The molecular formula is C16H13BrN6O. The zero-order chi connectivity index (χ0) is 17.1. The van der Waals surface area contributed by atoms with Gasteiger partial charge >= 0.3 is 0 Å². The van der Waals surface area contributed by atoms with Crippen LogP contribution in [0.3, 0.4) is 0 Å². The highest BCUT2D eigenvalue weighted by atomic mass is 79.9. The highest BCUT2D eigenvalue weighted by Crippen LogP contribution is 2.16. The van der Waals surface area contributed by atoms with Crippen LogP contribution in [0.1, 0.15) is 10.4 Å². The van der Waals surface area contributed by atoms with Gasteiger partial charge in [-0.2, -0.15) is 9.97 Å². The molecule has 0 fully saturated rings. The fourth-order valence-electron chi connectivity index (χ4n) is 2.05. The summed E-state index contributed by atoms with van der Waals surface area (Å²) in [6, 6.07) is 15.9. The summed E-state index contributed by atoms with van der Waals surface area (Å²) in [6.45, 7) is 0. The van der Waals surface area contributed by atoms with Gasteiger partial charge < -0.3 is 11.5 Å². The molecule has 0 bridgehead atoms. The summed E-state index contributed by atoms with van der Waals surface area (Å²) in [6.07, 6.45) is 0. The lowest BCUT2D eigenvalue weighted by Gasteiger charge is -2.10. The molecule has 8 heteroatoms. The second-order valence-corrected chi connectivity index (χ2v) is 5.75. The fraction of sp³-hybridized carbons (Fsp3) is 0. The maximum atomic E-state index is 12.5. The van der Waals surface area contributed by atoms with E-state index in [9.17, 15) is 4.79 Å². The minimum Gasteiger partial charge on any atom is -0.369 e. The largest absolute Gasteiger partial charge is 0.369 e. The predicted octanol–water partition coefficient (Wildman–Crippen LogP) is 2.13. The minimum atomic E-state index is -0.402. The first-order valence-corrected chi connectivity index (χ1v) is 7.76. The topological polar surface area (TPSA) is 112 Å². The van der Waals surface area contributed by atoms with Crippen molar-refractivity contribution in [1.82, 2.24) is 14.5 Å². The van der Waals surface area contributed by atoms with Gasteiger partial charge in [0.05, 0.1) is 5.69 Å². The monoisotopic (exact) mass is 384 g/mol. The van der Waals surface area contributed by atoms with Gasteiger partial charge in [0.15, 0.2) is 0 Å². The van der Waals surface area contributed by atoms with Gasteiger partial charge in [0.1, 0.15) is 0 Å². The number of rotatable bonds is 2. The van der Waals surface area contributed by atoms with Crippen LogP contribution in [0.5, 0.6) is 0 Å². The molecule has 4 N–H and O–H groups in total. The van der Waals surface area contributed by atoms with Crippen LogP contribution in [0.2, 0.25) is 0 Å². The van der Waals surface area contributed by atoms with Crippen molar-refractivity contribution in [1.29, 1.82) is 0 Å². The molecule has 2 aromatic carbocycles. The van der Waals surface area contributed by atoms with Gasteiger partial charge in [0, 0.05) is 10.0 Å². The van der Waals surface area contributed by atoms with E-state index in [1.807, 2.05) is 18.2 Å². The van der Waals surface area contributed by atoms with Gasteiger partial charge in [-0.15, -0.1) is 0 Å². The second-order valence-electron chi connectivity index (χ2n) is 4.83. The zero-order valence-electron chi connectivity index (χ0n) is 12.4. The van der Waals surface area contributed by atoms with Gasteiger partial charge in [-0.3, -0.25) is 4.79 Å². The lowest BCUT2D eigenvalue weighted by atomic mass is 10.2. The van der Waals surface area contributed by atoms with Crippen molar-refractivity contribution in [3.05, 3.63) is 70.3 Å². The van der Waals surface area contributed by atoms with Crippen molar-refractivity contribution in [2.75, 3.05) is 11.5 Å². The molecule has 0 unspecified atom stereocenters. The molecule has 0 atom stereocenters. The standard InChI is InChI=1S/C16H13BrN6O/c17-11-6-8-12(9-7-11)20-16-21-14(18)23(15(19)22-16)13(24)10-4-2-1-3-5-10/h1-9H,(H4,18,19,20,21,22). The van der Waals surface area contributed by atoms with Crippen molar-refractivity contribution < 1.29 is 4.79 Å². The number of carbonyl (C=O) groups is 1. The van der Waals surface area contributed by atoms with E-state index in [-0.39, 0.29) is 17.5 Å². The second kappa shape index (κ2) is 6.63. The molecule has 0 amide bonds. The molecule has 7 nitrogen and oxygen atoms in total. The average Bonchev–Trinajstić information content (AvgIpc) is 2.57. The molecule has 0 aliphatic rings. The number of hydrogen-bond acceptors (Lipinski definition) is 6. The van der Waals surface area contributed by atoms with Gasteiger partial charge in [0.2, 0.25) is 11.9 Å². The fourth-order valence-corrected chi connectivity index (χ4v) is 2.31. The summed E-state index contributed by atoms with van der Waals surface area (Å²) in [5.74, 6) is -0.555. The maximum absolute atomic E-state index is 12.5. The van der Waals surface area contributed by atoms with Crippen molar-refractivity contribution in [2.45, 2.75) is 0 Å². The number of aromatic nitrogens is 3. The van der Waals surface area contributed by atoms with Crippen molar-refractivity contribution in [3.8, 4) is 0 Å². The van der Waals surface area contributed by atoms with E-state index in [0.717, 1.165) is 9.04 Å². The van der Waals surface area contributed by atoms with Crippen LogP contribution >= 0.6 is 15.9 Å². The summed E-state index contributed by atoms with van der Waals surface area (Å²) in [5.41, 5.74) is 12.9. The molecule has 0 spiro atoms. The zero-order valence-corrected chi connectivity index (χ0v) is 14.0. The molecule has 0 saturated heterocycles.